The lowest BCUT2D eigenvalue weighted by Crippen LogP contribution is -2.14. The molecular weight excluding hydrogens is 265 g/mol. The van der Waals surface area contributed by atoms with Crippen LogP contribution in [0.3, 0.4) is 0 Å². The van der Waals surface area contributed by atoms with E-state index in [4.69, 9.17) is 11.0 Å². The predicted molar refractivity (Wildman–Crippen MR) is 61.8 cm³/mol. The number of halogens is 3. The van der Waals surface area contributed by atoms with Gasteiger partial charge in [-0.1, -0.05) is 25.1 Å². The zero-order valence-electron chi connectivity index (χ0n) is 9.58. The Hall–Kier alpha value is -1.49. The fourth-order valence-electron chi connectivity index (χ4n) is 1.14. The molecule has 2 N–H and O–H groups in total. The largest absolute Gasteiger partial charge is 0.434 e. The number of hydrogen-bond acceptors (Lipinski definition) is 5. The van der Waals surface area contributed by atoms with E-state index in [1.54, 1.807) is 0 Å². The molecule has 4 nitrogen and oxygen atoms in total. The van der Waals surface area contributed by atoms with Gasteiger partial charge in [0.15, 0.2) is 10.9 Å². The zero-order chi connectivity index (χ0) is 13.8. The molecular formula is C10H11F3N4S. The van der Waals surface area contributed by atoms with Crippen LogP contribution >= 0.6 is 11.8 Å². The molecule has 0 atom stereocenters. The van der Waals surface area contributed by atoms with E-state index in [0.29, 0.717) is 5.75 Å². The summed E-state index contributed by atoms with van der Waals surface area (Å²) in [6, 6.07) is 1.39. The minimum Gasteiger partial charge on any atom is -0.382 e. The van der Waals surface area contributed by atoms with Gasteiger partial charge in [0.1, 0.15) is 17.5 Å². The van der Waals surface area contributed by atoms with E-state index in [1.165, 1.54) is 6.07 Å². The van der Waals surface area contributed by atoms with Gasteiger partial charge in [0.2, 0.25) is 0 Å². The van der Waals surface area contributed by atoms with Crippen molar-refractivity contribution in [1.82, 2.24) is 9.97 Å². The van der Waals surface area contributed by atoms with Gasteiger partial charge < -0.3 is 5.73 Å². The van der Waals surface area contributed by atoms with E-state index in [2.05, 4.69) is 9.97 Å². The van der Waals surface area contributed by atoms with Crippen molar-refractivity contribution in [2.45, 2.75) is 31.1 Å². The van der Waals surface area contributed by atoms with Crippen LogP contribution in [0.2, 0.25) is 0 Å². The summed E-state index contributed by atoms with van der Waals surface area (Å²) in [4.78, 5) is 7.07. The highest BCUT2D eigenvalue weighted by atomic mass is 32.2. The number of hydrogen-bond donors (Lipinski definition) is 1. The van der Waals surface area contributed by atoms with Crippen molar-refractivity contribution in [1.29, 1.82) is 5.26 Å². The number of rotatable bonds is 4. The molecule has 0 unspecified atom stereocenters. The Morgan fingerprint density at radius 1 is 1.39 bits per heavy atom. The number of aromatic nitrogens is 2. The summed E-state index contributed by atoms with van der Waals surface area (Å²) in [7, 11) is 0. The molecule has 18 heavy (non-hydrogen) atoms. The number of unbranched alkanes of at least 4 members (excludes halogenated alkanes) is 1. The van der Waals surface area contributed by atoms with Crippen LogP contribution in [0.4, 0.5) is 19.0 Å². The minimum atomic E-state index is -4.71. The lowest BCUT2D eigenvalue weighted by atomic mass is 10.2. The summed E-state index contributed by atoms with van der Waals surface area (Å²) in [5.74, 6) is 0.179. The molecule has 0 fully saturated rings. The summed E-state index contributed by atoms with van der Waals surface area (Å²) < 4.78 is 38.0. The molecule has 1 heterocycles. The maximum Gasteiger partial charge on any atom is 0.434 e. The number of thioether (sulfide) groups is 1. The monoisotopic (exact) mass is 276 g/mol. The maximum atomic E-state index is 12.7. The first-order chi connectivity index (χ1) is 8.40. The third-order valence-electron chi connectivity index (χ3n) is 2.03. The zero-order valence-corrected chi connectivity index (χ0v) is 10.4. The van der Waals surface area contributed by atoms with Gasteiger partial charge in [-0.15, -0.1) is 0 Å². The summed E-state index contributed by atoms with van der Waals surface area (Å²) in [6.07, 6.45) is -2.94. The first-order valence-corrected chi connectivity index (χ1v) is 6.16. The molecule has 0 saturated carbocycles. The van der Waals surface area contributed by atoms with E-state index in [-0.39, 0.29) is 5.16 Å². The van der Waals surface area contributed by atoms with Gasteiger partial charge in [-0.05, 0) is 6.42 Å². The van der Waals surface area contributed by atoms with Crippen LogP contribution in [0.5, 0.6) is 0 Å². The normalized spacial score (nSPS) is 11.3. The van der Waals surface area contributed by atoms with Gasteiger partial charge in [-0.2, -0.15) is 18.4 Å². The maximum absolute atomic E-state index is 12.7. The van der Waals surface area contributed by atoms with E-state index in [1.807, 2.05) is 6.92 Å². The number of nitrogen functional groups attached to an aromatic ring is 1. The standard InChI is InChI=1S/C10H11F3N4S/c1-2-3-4-18-9-16-7(10(11,12)13)6(5-14)8(15)17-9/h2-4H2,1H3,(H2,15,16,17). The van der Waals surface area contributed by atoms with Crippen molar-refractivity contribution >= 4 is 17.6 Å². The Morgan fingerprint density at radius 3 is 2.56 bits per heavy atom. The Labute approximate surface area is 106 Å². The first-order valence-electron chi connectivity index (χ1n) is 5.17. The van der Waals surface area contributed by atoms with Crippen molar-refractivity contribution in [3.05, 3.63) is 11.3 Å². The topological polar surface area (TPSA) is 75.6 Å². The van der Waals surface area contributed by atoms with E-state index >= 15 is 0 Å². The molecule has 0 aliphatic carbocycles. The third-order valence-corrected chi connectivity index (χ3v) is 2.96. The Kier molecular flexibility index (Phi) is 4.78. The van der Waals surface area contributed by atoms with Crippen molar-refractivity contribution < 1.29 is 13.2 Å². The molecule has 0 bridgehead atoms. The molecule has 1 rings (SSSR count). The fraction of sp³-hybridized carbons (Fsp3) is 0.500. The lowest BCUT2D eigenvalue weighted by molar-refractivity contribution is -0.141. The minimum absolute atomic E-state index is 0.0488. The summed E-state index contributed by atoms with van der Waals surface area (Å²) >= 11 is 1.10. The van der Waals surface area contributed by atoms with Crippen LogP contribution in [0.1, 0.15) is 31.0 Å². The molecule has 0 amide bonds. The third kappa shape index (κ3) is 3.50. The summed E-state index contributed by atoms with van der Waals surface area (Å²) in [6.45, 7) is 1.97. The van der Waals surface area contributed by atoms with E-state index in [0.717, 1.165) is 24.6 Å². The van der Waals surface area contributed by atoms with Crippen molar-refractivity contribution in [3.8, 4) is 6.07 Å². The molecule has 0 aliphatic rings. The number of nitrogens with zero attached hydrogens (tertiary/aromatic N) is 3. The van der Waals surface area contributed by atoms with E-state index in [9.17, 15) is 13.2 Å². The van der Waals surface area contributed by atoms with Crippen LogP contribution in [0, 0.1) is 11.3 Å². The van der Waals surface area contributed by atoms with Crippen LogP contribution in [0.15, 0.2) is 5.16 Å². The van der Waals surface area contributed by atoms with Crippen LogP contribution in [-0.2, 0) is 6.18 Å². The number of anilines is 1. The number of nitriles is 1. The molecule has 0 spiro atoms. The Morgan fingerprint density at radius 2 is 2.06 bits per heavy atom. The Balaban J connectivity index is 3.11. The second kappa shape index (κ2) is 5.91. The van der Waals surface area contributed by atoms with Crippen LogP contribution < -0.4 is 5.73 Å². The second-order valence-corrected chi connectivity index (χ2v) is 4.49. The first kappa shape index (κ1) is 14.6. The predicted octanol–water partition coefficient (Wildman–Crippen LogP) is 2.84. The second-order valence-electron chi connectivity index (χ2n) is 3.43. The molecule has 1 aromatic rings. The quantitative estimate of drug-likeness (QED) is 0.520. The number of alkyl halides is 3. The van der Waals surface area contributed by atoms with Crippen LogP contribution in [0.25, 0.3) is 0 Å². The average molecular weight is 276 g/mol. The molecule has 8 heteroatoms. The van der Waals surface area contributed by atoms with Crippen molar-refractivity contribution in [2.75, 3.05) is 11.5 Å². The fourth-order valence-corrected chi connectivity index (χ4v) is 2.08. The smallest absolute Gasteiger partial charge is 0.382 e. The molecule has 1 aromatic heterocycles. The molecule has 0 radical (unpaired) electrons. The van der Waals surface area contributed by atoms with Gasteiger partial charge in [-0.3, -0.25) is 0 Å². The van der Waals surface area contributed by atoms with Crippen molar-refractivity contribution in [3.63, 3.8) is 0 Å². The van der Waals surface area contributed by atoms with Gasteiger partial charge in [0.25, 0.3) is 0 Å². The molecule has 0 aromatic carbocycles. The van der Waals surface area contributed by atoms with Gasteiger partial charge >= 0.3 is 6.18 Å². The van der Waals surface area contributed by atoms with Crippen molar-refractivity contribution in [2.24, 2.45) is 0 Å². The highest BCUT2D eigenvalue weighted by Gasteiger charge is 2.37. The summed E-state index contributed by atoms with van der Waals surface area (Å²) in [5.41, 5.74) is 3.36. The van der Waals surface area contributed by atoms with Gasteiger partial charge in [0.05, 0.1) is 0 Å². The highest BCUT2D eigenvalue weighted by Crippen LogP contribution is 2.33. The lowest BCUT2D eigenvalue weighted by Gasteiger charge is -2.10. The number of nitrogens with two attached hydrogens (primary N) is 1. The van der Waals surface area contributed by atoms with E-state index < -0.39 is 23.3 Å². The molecule has 0 aliphatic heterocycles. The highest BCUT2D eigenvalue weighted by molar-refractivity contribution is 7.99. The van der Waals surface area contributed by atoms with Crippen LogP contribution in [-0.4, -0.2) is 15.7 Å². The van der Waals surface area contributed by atoms with Gasteiger partial charge in [0, 0.05) is 5.75 Å². The SMILES string of the molecule is CCCCSc1nc(N)c(C#N)c(C(F)(F)F)n1. The average Bonchev–Trinajstić information content (AvgIpc) is 2.27. The summed E-state index contributed by atoms with van der Waals surface area (Å²) in [5, 5.41) is 8.60. The molecule has 98 valence electrons. The Bertz CT molecular complexity index is 467. The molecule has 0 saturated heterocycles. The van der Waals surface area contributed by atoms with Gasteiger partial charge in [-0.25, -0.2) is 9.97 Å².